The summed E-state index contributed by atoms with van der Waals surface area (Å²) in [5, 5.41) is 19.0. The van der Waals surface area contributed by atoms with Gasteiger partial charge in [0, 0.05) is 36.5 Å². The summed E-state index contributed by atoms with van der Waals surface area (Å²) in [4.78, 5) is 3.94. The van der Waals surface area contributed by atoms with Crippen molar-refractivity contribution in [2.75, 3.05) is 0 Å². The predicted molar refractivity (Wildman–Crippen MR) is 101 cm³/mol. The third kappa shape index (κ3) is 5.68. The maximum absolute atomic E-state index is 9.76. The summed E-state index contributed by atoms with van der Waals surface area (Å²) < 4.78 is 2.10. The summed E-state index contributed by atoms with van der Waals surface area (Å²) in [6, 6.07) is 14.7. The number of hydrogen-bond donors (Lipinski definition) is 2. The SMILES string of the molecule is CC(c1ccccc1)c1ccc(O)cc1O.CCCCn1ccnc1. The number of rotatable bonds is 5. The van der Waals surface area contributed by atoms with Crippen molar-refractivity contribution in [1.29, 1.82) is 0 Å². The largest absolute Gasteiger partial charge is 0.508 e. The van der Waals surface area contributed by atoms with Crippen molar-refractivity contribution >= 4 is 0 Å². The first-order valence-corrected chi connectivity index (χ1v) is 8.64. The van der Waals surface area contributed by atoms with E-state index in [1.165, 1.54) is 18.9 Å². The van der Waals surface area contributed by atoms with Crippen molar-refractivity contribution in [3.05, 3.63) is 78.4 Å². The van der Waals surface area contributed by atoms with Crippen molar-refractivity contribution in [3.8, 4) is 11.5 Å². The van der Waals surface area contributed by atoms with E-state index in [0.29, 0.717) is 0 Å². The first-order valence-electron chi connectivity index (χ1n) is 8.64. The smallest absolute Gasteiger partial charge is 0.123 e. The van der Waals surface area contributed by atoms with Gasteiger partial charge in [0.2, 0.25) is 0 Å². The van der Waals surface area contributed by atoms with Crippen molar-refractivity contribution < 1.29 is 10.2 Å². The number of imidazole rings is 1. The molecule has 1 atom stereocenters. The number of aromatic nitrogens is 2. The van der Waals surface area contributed by atoms with E-state index in [9.17, 15) is 10.2 Å². The lowest BCUT2D eigenvalue weighted by atomic mass is 9.92. The molecule has 4 heteroatoms. The van der Waals surface area contributed by atoms with E-state index in [-0.39, 0.29) is 17.4 Å². The number of phenols is 2. The van der Waals surface area contributed by atoms with Crippen molar-refractivity contribution in [2.45, 2.75) is 39.2 Å². The second kappa shape index (κ2) is 9.52. The zero-order valence-electron chi connectivity index (χ0n) is 14.8. The van der Waals surface area contributed by atoms with Gasteiger partial charge in [-0.1, -0.05) is 56.7 Å². The van der Waals surface area contributed by atoms with Crippen LogP contribution in [0.1, 0.15) is 43.7 Å². The van der Waals surface area contributed by atoms with Crippen molar-refractivity contribution in [3.63, 3.8) is 0 Å². The zero-order valence-corrected chi connectivity index (χ0v) is 14.8. The maximum atomic E-state index is 9.76. The van der Waals surface area contributed by atoms with Gasteiger partial charge in [0.25, 0.3) is 0 Å². The van der Waals surface area contributed by atoms with Gasteiger partial charge in [0.1, 0.15) is 11.5 Å². The standard InChI is InChI=1S/C14H14O2.C7H12N2/c1-10(11-5-3-2-4-6-11)13-8-7-12(15)9-14(13)16;1-2-3-5-9-6-4-8-7-9/h2-10,15-16H,1H3;4,6-7H,2-3,5H2,1H3. The van der Waals surface area contributed by atoms with Gasteiger partial charge < -0.3 is 14.8 Å². The second-order valence-corrected chi connectivity index (χ2v) is 6.03. The molecule has 0 radical (unpaired) electrons. The Morgan fingerprint density at radius 1 is 1.08 bits per heavy atom. The summed E-state index contributed by atoms with van der Waals surface area (Å²) >= 11 is 0. The number of unbranched alkanes of at least 4 members (excludes halogenated alkanes) is 1. The van der Waals surface area contributed by atoms with Crippen LogP contribution in [0, 0.1) is 0 Å². The second-order valence-electron chi connectivity index (χ2n) is 6.03. The fraction of sp³-hybridized carbons (Fsp3) is 0.286. The first-order chi connectivity index (χ1) is 12.1. The molecular formula is C21H26N2O2. The molecule has 2 N–H and O–H groups in total. The van der Waals surface area contributed by atoms with E-state index < -0.39 is 0 Å². The van der Waals surface area contributed by atoms with Crippen LogP contribution in [0.25, 0.3) is 0 Å². The normalized spacial score (nSPS) is 11.4. The Hall–Kier alpha value is -2.75. The van der Waals surface area contributed by atoms with Crippen molar-refractivity contribution in [1.82, 2.24) is 9.55 Å². The molecule has 1 unspecified atom stereocenters. The van der Waals surface area contributed by atoms with Crippen LogP contribution in [0.4, 0.5) is 0 Å². The summed E-state index contributed by atoms with van der Waals surface area (Å²) in [7, 11) is 0. The molecule has 0 saturated carbocycles. The average molecular weight is 338 g/mol. The first kappa shape index (κ1) is 18.6. The van der Waals surface area contributed by atoms with Crippen LogP contribution in [0.2, 0.25) is 0 Å². The molecule has 0 aliphatic heterocycles. The van der Waals surface area contributed by atoms with Gasteiger partial charge in [-0.2, -0.15) is 0 Å². The van der Waals surface area contributed by atoms with Gasteiger partial charge in [0.15, 0.2) is 0 Å². The van der Waals surface area contributed by atoms with Crippen LogP contribution in [-0.4, -0.2) is 19.8 Å². The Bertz CT molecular complexity index is 740. The van der Waals surface area contributed by atoms with E-state index in [2.05, 4.69) is 16.5 Å². The van der Waals surface area contributed by atoms with Gasteiger partial charge in [-0.15, -0.1) is 0 Å². The van der Waals surface area contributed by atoms with Crippen molar-refractivity contribution in [2.24, 2.45) is 0 Å². The van der Waals surface area contributed by atoms with Gasteiger partial charge in [-0.25, -0.2) is 4.98 Å². The molecule has 3 aromatic rings. The molecule has 0 fully saturated rings. The molecule has 0 spiro atoms. The molecule has 2 aromatic carbocycles. The monoisotopic (exact) mass is 338 g/mol. The third-order valence-electron chi connectivity index (χ3n) is 4.11. The molecule has 1 heterocycles. The molecule has 0 bridgehead atoms. The number of aryl methyl sites for hydroxylation is 1. The number of benzene rings is 2. The maximum Gasteiger partial charge on any atom is 0.123 e. The summed E-state index contributed by atoms with van der Waals surface area (Å²) in [5.74, 6) is 0.333. The Balaban J connectivity index is 0.000000212. The molecule has 132 valence electrons. The Kier molecular flexibility index (Phi) is 7.08. The Labute approximate surface area is 149 Å². The highest BCUT2D eigenvalue weighted by Gasteiger charge is 2.12. The van der Waals surface area contributed by atoms with Gasteiger partial charge >= 0.3 is 0 Å². The molecule has 25 heavy (non-hydrogen) atoms. The number of hydrogen-bond acceptors (Lipinski definition) is 3. The van der Waals surface area contributed by atoms with Gasteiger partial charge in [-0.3, -0.25) is 0 Å². The number of phenolic OH excluding ortho intramolecular Hbond substituents is 2. The molecule has 1 aromatic heterocycles. The van der Waals surface area contributed by atoms with E-state index in [1.807, 2.05) is 56.0 Å². The lowest BCUT2D eigenvalue weighted by Gasteiger charge is -2.14. The van der Waals surface area contributed by atoms with Crippen LogP contribution in [0.15, 0.2) is 67.3 Å². The zero-order chi connectivity index (χ0) is 18.1. The average Bonchev–Trinajstić information content (AvgIpc) is 3.14. The highest BCUT2D eigenvalue weighted by atomic mass is 16.3. The van der Waals surface area contributed by atoms with Crippen LogP contribution in [0.5, 0.6) is 11.5 Å². The predicted octanol–water partition coefficient (Wildman–Crippen LogP) is 4.93. The third-order valence-corrected chi connectivity index (χ3v) is 4.11. The molecule has 0 saturated heterocycles. The molecular weight excluding hydrogens is 312 g/mol. The highest BCUT2D eigenvalue weighted by Crippen LogP contribution is 2.32. The summed E-state index contributed by atoms with van der Waals surface area (Å²) in [6.07, 6.45) is 8.16. The lowest BCUT2D eigenvalue weighted by molar-refractivity contribution is 0.444. The minimum Gasteiger partial charge on any atom is -0.508 e. The molecule has 0 aliphatic rings. The minimum absolute atomic E-state index is 0.0847. The van der Waals surface area contributed by atoms with Crippen LogP contribution in [-0.2, 0) is 6.54 Å². The summed E-state index contributed by atoms with van der Waals surface area (Å²) in [5.41, 5.74) is 1.97. The highest BCUT2D eigenvalue weighted by molar-refractivity contribution is 5.44. The molecule has 0 aliphatic carbocycles. The van der Waals surface area contributed by atoms with Gasteiger partial charge in [-0.05, 0) is 18.1 Å². The fourth-order valence-corrected chi connectivity index (χ4v) is 2.58. The molecule has 0 amide bonds. The van der Waals surface area contributed by atoms with E-state index in [1.54, 1.807) is 12.1 Å². The van der Waals surface area contributed by atoms with E-state index >= 15 is 0 Å². The van der Waals surface area contributed by atoms with E-state index in [4.69, 9.17) is 0 Å². The number of aromatic hydroxyl groups is 2. The number of nitrogens with zero attached hydrogens (tertiary/aromatic N) is 2. The Morgan fingerprint density at radius 2 is 1.84 bits per heavy atom. The minimum atomic E-state index is 0.0847. The summed E-state index contributed by atoms with van der Waals surface area (Å²) in [6.45, 7) is 5.33. The molecule has 4 nitrogen and oxygen atoms in total. The van der Waals surface area contributed by atoms with Gasteiger partial charge in [0.05, 0.1) is 6.33 Å². The topological polar surface area (TPSA) is 58.3 Å². The van der Waals surface area contributed by atoms with Crippen LogP contribution >= 0.6 is 0 Å². The quantitative estimate of drug-likeness (QED) is 0.693. The Morgan fingerprint density at radius 3 is 2.44 bits per heavy atom. The lowest BCUT2D eigenvalue weighted by Crippen LogP contribution is -1.95. The van der Waals surface area contributed by atoms with Crippen LogP contribution in [0.3, 0.4) is 0 Å². The molecule has 3 rings (SSSR count). The van der Waals surface area contributed by atoms with E-state index in [0.717, 1.165) is 17.7 Å². The fourth-order valence-electron chi connectivity index (χ4n) is 2.58. The van der Waals surface area contributed by atoms with Crippen LogP contribution < -0.4 is 0 Å².